The van der Waals surface area contributed by atoms with E-state index < -0.39 is 59.0 Å². The van der Waals surface area contributed by atoms with E-state index in [4.69, 9.17) is 18.9 Å². The highest BCUT2D eigenvalue weighted by molar-refractivity contribution is 6.29. The first-order chi connectivity index (χ1) is 40.9. The minimum Gasteiger partial charge on any atom is -0.473 e. The molecule has 0 aliphatic carbocycles. The zero-order valence-electron chi connectivity index (χ0n) is 49.2. The molecule has 0 radical (unpaired) electrons. The number of ether oxygens (including phenoxy) is 4. The molecule has 0 saturated carbocycles. The van der Waals surface area contributed by atoms with Gasteiger partial charge in [0.1, 0.15) is 47.9 Å². The molecule has 20 nitrogen and oxygen atoms in total. The van der Waals surface area contributed by atoms with Crippen LogP contribution < -0.4 is 29.9 Å². The lowest BCUT2D eigenvalue weighted by molar-refractivity contribution is -0.174. The summed E-state index contributed by atoms with van der Waals surface area (Å²) in [7, 11) is 0. The molecule has 0 bridgehead atoms. The highest BCUT2D eigenvalue weighted by Crippen LogP contribution is 2.35. The Kier molecular flexibility index (Phi) is 21.5. The van der Waals surface area contributed by atoms with Crippen molar-refractivity contribution in [2.24, 2.45) is 0 Å². The van der Waals surface area contributed by atoms with Crippen molar-refractivity contribution in [3.8, 4) is 11.8 Å². The second-order valence-corrected chi connectivity index (χ2v) is 23.0. The molecule has 2 atom stereocenters. The fraction of sp³-hybridized carbons (Fsp3) is 0.500. The van der Waals surface area contributed by atoms with Crippen LogP contribution in [-0.4, -0.2) is 140 Å². The molecule has 2 saturated heterocycles. The van der Waals surface area contributed by atoms with Crippen molar-refractivity contribution < 1.29 is 54.9 Å². The number of alkyl halides is 6. The lowest BCUT2D eigenvalue weighted by Gasteiger charge is -2.34. The van der Waals surface area contributed by atoms with Gasteiger partial charge in [-0.15, -0.1) is 0 Å². The molecule has 2 N–H and O–H groups in total. The van der Waals surface area contributed by atoms with E-state index in [9.17, 15) is 35.9 Å². The van der Waals surface area contributed by atoms with Crippen LogP contribution in [0.3, 0.4) is 0 Å². The van der Waals surface area contributed by atoms with Gasteiger partial charge in [0.2, 0.25) is 23.7 Å². The molecule has 8 rings (SSSR count). The number of nitrogens with zero attached hydrogens (tertiary/aromatic N) is 12. The van der Waals surface area contributed by atoms with Crippen LogP contribution in [0.25, 0.3) is 0 Å². The van der Waals surface area contributed by atoms with Crippen molar-refractivity contribution in [2.45, 2.75) is 129 Å². The number of halogens is 6. The van der Waals surface area contributed by atoms with Gasteiger partial charge in [-0.3, -0.25) is 9.80 Å². The van der Waals surface area contributed by atoms with E-state index >= 15 is 0 Å². The Morgan fingerprint density at radius 3 is 1.29 bits per heavy atom. The van der Waals surface area contributed by atoms with Crippen molar-refractivity contribution in [3.63, 3.8) is 0 Å². The van der Waals surface area contributed by atoms with Crippen LogP contribution in [0.2, 0.25) is 0 Å². The zero-order chi connectivity index (χ0) is 61.5. The van der Waals surface area contributed by atoms with Gasteiger partial charge >= 0.3 is 24.3 Å². The number of nitrogens with one attached hydrogen (secondary N) is 2. The number of hydrogen-bond acceptors (Lipinski definition) is 20. The number of carbonyl (C=O) groups excluding carboxylic acids is 2. The average molecular weight is 1200 g/mol. The fourth-order valence-electron chi connectivity index (χ4n) is 9.44. The molecule has 2 aliphatic heterocycles. The first-order valence-corrected chi connectivity index (χ1v) is 28.7. The minimum atomic E-state index is -4.87. The molecular weight excluding hydrogens is 1130 g/mol. The maximum absolute atomic E-state index is 14.6. The molecule has 0 amide bonds. The summed E-state index contributed by atoms with van der Waals surface area (Å²) in [5.74, 6) is -1.96. The summed E-state index contributed by atoms with van der Waals surface area (Å²) in [5.41, 5.74) is -2.31. The average Bonchev–Trinajstić information content (AvgIpc) is 1.43. The molecule has 26 heteroatoms. The third-order valence-electron chi connectivity index (χ3n) is 13.9. The minimum absolute atomic E-state index is 0.0545. The first-order valence-electron chi connectivity index (χ1n) is 28.7. The van der Waals surface area contributed by atoms with Gasteiger partial charge in [0.05, 0.1) is 13.1 Å². The van der Waals surface area contributed by atoms with E-state index in [1.807, 2.05) is 70.5 Å². The predicted octanol–water partition coefficient (Wildman–Crippen LogP) is 9.88. The molecule has 2 aliphatic rings. The molecule has 2 unspecified atom stereocenters. The topological polar surface area (TPSA) is 211 Å². The Morgan fingerprint density at radius 2 is 0.919 bits per heavy atom. The van der Waals surface area contributed by atoms with Crippen LogP contribution >= 0.6 is 0 Å². The number of aromatic nitrogens is 8. The highest BCUT2D eigenvalue weighted by atomic mass is 19.4. The van der Waals surface area contributed by atoms with Gasteiger partial charge < -0.3 is 39.4 Å². The molecule has 6 aromatic rings. The van der Waals surface area contributed by atoms with Gasteiger partial charge in [-0.05, 0) is 62.7 Å². The Bertz CT molecular complexity index is 2880. The fourth-order valence-corrected chi connectivity index (χ4v) is 9.44. The number of unbranched alkanes of at least 4 members (excludes halogenated alkanes) is 2. The Balaban J connectivity index is 0.975. The monoisotopic (exact) mass is 1200 g/mol. The van der Waals surface area contributed by atoms with Crippen LogP contribution in [0.15, 0.2) is 97.3 Å². The van der Waals surface area contributed by atoms with Crippen molar-refractivity contribution in [3.05, 3.63) is 131 Å². The number of esters is 2. The van der Waals surface area contributed by atoms with E-state index in [2.05, 4.69) is 50.5 Å². The van der Waals surface area contributed by atoms with Crippen LogP contribution in [0.4, 0.5) is 49.9 Å². The van der Waals surface area contributed by atoms with Crippen LogP contribution in [0.1, 0.15) is 114 Å². The lowest BCUT2D eigenvalue weighted by Crippen LogP contribution is -2.49. The van der Waals surface area contributed by atoms with Crippen molar-refractivity contribution >= 4 is 35.5 Å². The normalized spacial score (nSPS) is 16.7. The van der Waals surface area contributed by atoms with E-state index in [0.29, 0.717) is 115 Å². The van der Waals surface area contributed by atoms with Crippen LogP contribution in [-0.2, 0) is 55.5 Å². The van der Waals surface area contributed by atoms with Gasteiger partial charge in [-0.2, -0.15) is 36.3 Å². The molecule has 4 aromatic heterocycles. The maximum atomic E-state index is 14.6. The molecule has 2 fully saturated rings. The van der Waals surface area contributed by atoms with E-state index in [1.165, 1.54) is 9.80 Å². The van der Waals surface area contributed by atoms with E-state index in [-0.39, 0.29) is 49.5 Å². The summed E-state index contributed by atoms with van der Waals surface area (Å²) in [6.45, 7) is 13.5. The highest BCUT2D eigenvalue weighted by Gasteiger charge is 2.41. The number of carbonyl (C=O) groups is 2. The smallest absolute Gasteiger partial charge is 0.433 e. The largest absolute Gasteiger partial charge is 0.473 e. The third kappa shape index (κ3) is 19.0. The summed E-state index contributed by atoms with van der Waals surface area (Å²) in [4.78, 5) is 69.9. The summed E-state index contributed by atoms with van der Waals surface area (Å²) < 4.78 is 111. The Labute approximate surface area is 496 Å². The number of benzene rings is 2. The quantitative estimate of drug-likeness (QED) is 0.0280. The Morgan fingerprint density at radius 1 is 0.523 bits per heavy atom. The van der Waals surface area contributed by atoms with Gasteiger partial charge in [-0.1, -0.05) is 102 Å². The molecule has 2 aromatic carbocycles. The lowest BCUT2D eigenvalue weighted by atomic mass is 9.95. The molecule has 6 heterocycles. The number of rotatable bonds is 22. The Hall–Kier alpha value is -8.00. The summed E-state index contributed by atoms with van der Waals surface area (Å²) in [6.07, 6.45) is -5.97. The molecule has 0 spiro atoms. The standard InChI is InChI=1S/C60H74F6N14O6/c1-57(2,3)53-71-43(59(61,62)63)35-45(73-53)79-33-17-31-77(29-15-13-25-67-55-69-27-23-47(75-55)83-39-41-19-9-7-10-20-41)37-49(79)85-51(81)52(82)86-50-38-78(32-18-34-80(50)46-36-44(60(64,65)66)72-54(74-46)58(4,5)6)30-16-14-26-68-56-70-28-24-48(76-56)84-40-42-21-11-8-12-22-42/h7-12,19-24,27-28,35-36,49-50H,13-18,25-26,29-34,37-40H2,1-6H3,(H,67,69,75)(H,68,70,76). The number of anilines is 4. The number of hydrogen-bond donors (Lipinski definition) is 2. The predicted molar refractivity (Wildman–Crippen MR) is 309 cm³/mol. The van der Waals surface area contributed by atoms with Crippen LogP contribution in [0, 0.1) is 0 Å². The third-order valence-corrected chi connectivity index (χ3v) is 13.9. The maximum Gasteiger partial charge on any atom is 0.433 e. The van der Waals surface area contributed by atoms with E-state index in [1.54, 1.807) is 66.1 Å². The van der Waals surface area contributed by atoms with Crippen molar-refractivity contribution in [1.29, 1.82) is 0 Å². The SMILES string of the molecule is CC(C)(C)c1nc(N2CCCN(CCCCNc3nccc(OCc4ccccc4)n3)CC2OC(=O)C(=O)OC2CN(CCCCNc3nccc(OCc4ccccc4)n3)CCCN2c2cc(C(F)(F)F)nc(C(C)(C)C)n2)cc(C(F)(F)F)n1. The van der Waals surface area contributed by atoms with Gasteiger partial charge in [0.25, 0.3) is 0 Å². The van der Waals surface area contributed by atoms with E-state index in [0.717, 1.165) is 23.3 Å². The van der Waals surface area contributed by atoms with Gasteiger partial charge in [0.15, 0.2) is 12.5 Å². The van der Waals surface area contributed by atoms with Crippen molar-refractivity contribution in [1.82, 2.24) is 49.7 Å². The second-order valence-electron chi connectivity index (χ2n) is 23.0. The van der Waals surface area contributed by atoms with Gasteiger partial charge in [-0.25, -0.2) is 39.5 Å². The molecule has 462 valence electrons. The first kappa shape index (κ1) is 64.0. The zero-order valence-corrected chi connectivity index (χ0v) is 49.2. The second kappa shape index (κ2) is 28.9. The van der Waals surface area contributed by atoms with Crippen molar-refractivity contribution in [2.75, 3.05) is 85.9 Å². The molecule has 86 heavy (non-hydrogen) atoms. The molecular formula is C60H74F6N14O6. The summed E-state index contributed by atoms with van der Waals surface area (Å²) in [6, 6.07) is 24.2. The summed E-state index contributed by atoms with van der Waals surface area (Å²) in [5, 5.41) is 6.43. The summed E-state index contributed by atoms with van der Waals surface area (Å²) >= 11 is 0. The van der Waals surface area contributed by atoms with Crippen LogP contribution in [0.5, 0.6) is 11.8 Å². The van der Waals surface area contributed by atoms with Gasteiger partial charge in [0, 0.05) is 86.8 Å².